The van der Waals surface area contributed by atoms with Gasteiger partial charge in [-0.1, -0.05) is 0 Å². The van der Waals surface area contributed by atoms with E-state index >= 15 is 0 Å². The van der Waals surface area contributed by atoms with Crippen molar-refractivity contribution < 1.29 is 0 Å². The van der Waals surface area contributed by atoms with Crippen LogP contribution in [0.5, 0.6) is 0 Å². The number of hydrogen-bond acceptors (Lipinski definition) is 3. The number of hydrogen-bond donors (Lipinski definition) is 3. The zero-order valence-electron chi connectivity index (χ0n) is 14.5. The SMILES string of the molecule is c1cc2[nH]ccc2cn1.c1cc2cc[nH]c2cn1.c1cnc2[nH]ccc2c1. The summed E-state index contributed by atoms with van der Waals surface area (Å²) in [6.07, 6.45) is 14.7. The Hall–Kier alpha value is -3.93. The summed E-state index contributed by atoms with van der Waals surface area (Å²) in [6.45, 7) is 0. The number of fused-ring (bicyclic) bond motifs is 3. The van der Waals surface area contributed by atoms with Crippen molar-refractivity contribution in [3.05, 3.63) is 92.0 Å². The summed E-state index contributed by atoms with van der Waals surface area (Å²) in [7, 11) is 0. The highest BCUT2D eigenvalue weighted by Crippen LogP contribution is 2.08. The van der Waals surface area contributed by atoms with E-state index in [2.05, 4.69) is 29.9 Å². The molecule has 0 aliphatic heterocycles. The predicted molar refractivity (Wildman–Crippen MR) is 108 cm³/mol. The fraction of sp³-hybridized carbons (Fsp3) is 0. The molecule has 6 rings (SSSR count). The summed E-state index contributed by atoms with van der Waals surface area (Å²) in [5.41, 5.74) is 3.19. The molecular weight excluding hydrogens is 336 g/mol. The maximum absolute atomic E-state index is 4.09. The molecule has 0 unspecified atom stereocenters. The number of pyridine rings is 3. The van der Waals surface area contributed by atoms with Gasteiger partial charge in [-0.2, -0.15) is 0 Å². The molecule has 6 nitrogen and oxygen atoms in total. The van der Waals surface area contributed by atoms with E-state index in [4.69, 9.17) is 0 Å². The highest BCUT2D eigenvalue weighted by molar-refractivity contribution is 5.78. The summed E-state index contributed by atoms with van der Waals surface area (Å²) in [4.78, 5) is 21.1. The minimum atomic E-state index is 0.956. The van der Waals surface area contributed by atoms with Crippen molar-refractivity contribution in [1.29, 1.82) is 0 Å². The predicted octanol–water partition coefficient (Wildman–Crippen LogP) is 4.69. The maximum Gasteiger partial charge on any atom is 0.137 e. The van der Waals surface area contributed by atoms with Gasteiger partial charge in [0.05, 0.1) is 11.7 Å². The van der Waals surface area contributed by atoms with Crippen LogP contribution in [0.25, 0.3) is 32.8 Å². The number of rotatable bonds is 0. The molecule has 0 fully saturated rings. The number of aromatic nitrogens is 6. The first-order valence-electron chi connectivity index (χ1n) is 8.52. The van der Waals surface area contributed by atoms with E-state index in [9.17, 15) is 0 Å². The fourth-order valence-electron chi connectivity index (χ4n) is 2.67. The van der Waals surface area contributed by atoms with Gasteiger partial charge < -0.3 is 15.0 Å². The molecule has 27 heavy (non-hydrogen) atoms. The Labute approximate surface area is 155 Å². The van der Waals surface area contributed by atoms with Crippen molar-refractivity contribution >= 4 is 32.8 Å². The molecule has 0 saturated heterocycles. The Balaban J connectivity index is 0.0000001000. The van der Waals surface area contributed by atoms with Crippen molar-refractivity contribution in [2.45, 2.75) is 0 Å². The lowest BCUT2D eigenvalue weighted by atomic mass is 10.3. The minimum Gasteiger partial charge on any atom is -0.361 e. The van der Waals surface area contributed by atoms with Crippen LogP contribution >= 0.6 is 0 Å². The molecule has 0 radical (unpaired) electrons. The van der Waals surface area contributed by atoms with Crippen LogP contribution in [0.4, 0.5) is 0 Å². The van der Waals surface area contributed by atoms with Gasteiger partial charge in [0, 0.05) is 65.1 Å². The quantitative estimate of drug-likeness (QED) is 0.370. The van der Waals surface area contributed by atoms with Crippen LogP contribution in [-0.4, -0.2) is 29.9 Å². The Morgan fingerprint density at radius 2 is 1.30 bits per heavy atom. The number of nitrogens with zero attached hydrogens (tertiary/aromatic N) is 3. The van der Waals surface area contributed by atoms with Gasteiger partial charge >= 0.3 is 0 Å². The van der Waals surface area contributed by atoms with E-state index in [1.54, 1.807) is 18.6 Å². The topological polar surface area (TPSA) is 86.0 Å². The minimum absolute atomic E-state index is 0.956. The number of H-pyrrole nitrogens is 3. The monoisotopic (exact) mass is 354 g/mol. The van der Waals surface area contributed by atoms with Gasteiger partial charge in [-0.3, -0.25) is 9.97 Å². The van der Waals surface area contributed by atoms with Crippen molar-refractivity contribution in [2.24, 2.45) is 0 Å². The molecule has 0 amide bonds. The Bertz CT molecular complexity index is 1000. The molecular formula is C21H18N6. The van der Waals surface area contributed by atoms with Crippen LogP contribution in [0.1, 0.15) is 0 Å². The highest BCUT2D eigenvalue weighted by atomic mass is 14.8. The van der Waals surface area contributed by atoms with Gasteiger partial charge in [0.1, 0.15) is 5.65 Å². The van der Waals surface area contributed by atoms with E-state index in [0.29, 0.717) is 0 Å². The van der Waals surface area contributed by atoms with Crippen molar-refractivity contribution in [2.75, 3.05) is 0 Å². The van der Waals surface area contributed by atoms with Crippen LogP contribution in [0, 0.1) is 0 Å². The second-order valence-corrected chi connectivity index (χ2v) is 5.80. The molecule has 0 aliphatic carbocycles. The lowest BCUT2D eigenvalue weighted by molar-refractivity contribution is 1.33. The summed E-state index contributed by atoms with van der Waals surface area (Å²) in [5, 5.41) is 3.54. The average molecular weight is 354 g/mol. The normalized spacial score (nSPS) is 10.2. The van der Waals surface area contributed by atoms with E-state index in [0.717, 1.165) is 27.5 Å². The van der Waals surface area contributed by atoms with Gasteiger partial charge in [-0.05, 0) is 42.5 Å². The highest BCUT2D eigenvalue weighted by Gasteiger charge is 1.89. The first kappa shape index (κ1) is 16.5. The summed E-state index contributed by atoms with van der Waals surface area (Å²) >= 11 is 0. The third-order valence-electron chi connectivity index (χ3n) is 4.03. The van der Waals surface area contributed by atoms with E-state index in [1.165, 1.54) is 5.39 Å². The zero-order chi connectivity index (χ0) is 18.3. The van der Waals surface area contributed by atoms with E-state index < -0.39 is 0 Å². The van der Waals surface area contributed by atoms with Gasteiger partial charge in [0.25, 0.3) is 0 Å². The molecule has 0 atom stereocenters. The molecule has 6 aromatic rings. The second kappa shape index (κ2) is 7.97. The maximum atomic E-state index is 4.09. The lowest BCUT2D eigenvalue weighted by Gasteiger charge is -1.82. The van der Waals surface area contributed by atoms with E-state index in [1.807, 2.05) is 73.4 Å². The Kier molecular flexibility index (Phi) is 4.88. The third kappa shape index (κ3) is 4.01. The van der Waals surface area contributed by atoms with Crippen LogP contribution in [0.3, 0.4) is 0 Å². The van der Waals surface area contributed by atoms with Gasteiger partial charge in [-0.25, -0.2) is 4.98 Å². The average Bonchev–Trinajstić information content (AvgIpc) is 3.48. The second-order valence-electron chi connectivity index (χ2n) is 5.80. The Morgan fingerprint density at radius 1 is 0.556 bits per heavy atom. The third-order valence-corrected chi connectivity index (χ3v) is 4.03. The molecule has 0 saturated carbocycles. The Morgan fingerprint density at radius 3 is 2.15 bits per heavy atom. The van der Waals surface area contributed by atoms with Crippen molar-refractivity contribution in [3.63, 3.8) is 0 Å². The molecule has 0 spiro atoms. The van der Waals surface area contributed by atoms with E-state index in [-0.39, 0.29) is 0 Å². The van der Waals surface area contributed by atoms with Crippen molar-refractivity contribution in [1.82, 2.24) is 29.9 Å². The molecule has 6 heteroatoms. The van der Waals surface area contributed by atoms with Crippen LogP contribution in [0.2, 0.25) is 0 Å². The lowest BCUT2D eigenvalue weighted by Crippen LogP contribution is -1.70. The number of aromatic amines is 3. The van der Waals surface area contributed by atoms with Crippen LogP contribution in [0.15, 0.2) is 92.0 Å². The van der Waals surface area contributed by atoms with Gasteiger partial charge in [0.15, 0.2) is 0 Å². The number of nitrogens with one attached hydrogen (secondary N) is 3. The standard InChI is InChI=1S/3C7H6N2/c1-4-9-7-2-3-8-5-6(1)7;1-3-8-5-7-6(1)2-4-9-7;1-2-6-3-5-9-7(6)8-4-1/h2*1-5,9H;1-5H,(H,8,9). The first-order valence-corrected chi connectivity index (χ1v) is 8.52. The summed E-state index contributed by atoms with van der Waals surface area (Å²) in [5.74, 6) is 0. The summed E-state index contributed by atoms with van der Waals surface area (Å²) in [6, 6.07) is 13.9. The molecule has 0 aromatic carbocycles. The molecule has 3 N–H and O–H groups in total. The van der Waals surface area contributed by atoms with Crippen LogP contribution in [-0.2, 0) is 0 Å². The van der Waals surface area contributed by atoms with Crippen molar-refractivity contribution in [3.8, 4) is 0 Å². The molecule has 132 valence electrons. The molecule has 0 bridgehead atoms. The smallest absolute Gasteiger partial charge is 0.137 e. The van der Waals surface area contributed by atoms with Gasteiger partial charge in [-0.15, -0.1) is 0 Å². The first-order chi connectivity index (χ1) is 13.4. The molecule has 6 aromatic heterocycles. The zero-order valence-corrected chi connectivity index (χ0v) is 14.5. The van der Waals surface area contributed by atoms with Crippen LogP contribution < -0.4 is 0 Å². The fourth-order valence-corrected chi connectivity index (χ4v) is 2.67. The molecule has 0 aliphatic rings. The largest absolute Gasteiger partial charge is 0.361 e. The molecule has 6 heterocycles. The van der Waals surface area contributed by atoms with Gasteiger partial charge in [0.2, 0.25) is 0 Å². The summed E-state index contributed by atoms with van der Waals surface area (Å²) < 4.78 is 0.